The van der Waals surface area contributed by atoms with Gasteiger partial charge in [0.15, 0.2) is 0 Å². The molecule has 2 heterocycles. The van der Waals surface area contributed by atoms with E-state index in [1.807, 2.05) is 11.0 Å². The second kappa shape index (κ2) is 2.25. The minimum absolute atomic E-state index is 0.0544. The number of urea groups is 1. The van der Waals surface area contributed by atoms with E-state index in [-0.39, 0.29) is 6.03 Å². The Morgan fingerprint density at radius 1 is 1.46 bits per heavy atom. The van der Waals surface area contributed by atoms with E-state index in [1.54, 1.807) is 0 Å². The van der Waals surface area contributed by atoms with Crippen LogP contribution in [0.15, 0.2) is 35.6 Å². The molecule has 1 N–H and O–H groups in total. The fraction of sp³-hybridized carbons (Fsp3) is 0.300. The van der Waals surface area contributed by atoms with Crippen LogP contribution in [-0.4, -0.2) is 24.0 Å². The fourth-order valence-electron chi connectivity index (χ4n) is 2.17. The molecule has 3 rings (SSSR count). The van der Waals surface area contributed by atoms with E-state index in [9.17, 15) is 4.79 Å². The summed E-state index contributed by atoms with van der Waals surface area (Å²) >= 11 is 0. The molecule has 1 unspecified atom stereocenters. The number of rotatable bonds is 0. The fourth-order valence-corrected chi connectivity index (χ4v) is 2.17. The van der Waals surface area contributed by atoms with Crippen LogP contribution >= 0.6 is 0 Å². The number of hydrogen-bond donors (Lipinski definition) is 1. The lowest BCUT2D eigenvalue weighted by Gasteiger charge is -2.11. The second-order valence-electron chi connectivity index (χ2n) is 3.52. The van der Waals surface area contributed by atoms with Gasteiger partial charge < -0.3 is 5.32 Å². The van der Waals surface area contributed by atoms with Crippen molar-refractivity contribution in [2.45, 2.75) is 0 Å². The van der Waals surface area contributed by atoms with Gasteiger partial charge in [-0.25, -0.2) is 4.79 Å². The lowest BCUT2D eigenvalue weighted by molar-refractivity contribution is 0.224. The highest BCUT2D eigenvalue weighted by molar-refractivity contribution is 5.81. The lowest BCUT2D eigenvalue weighted by Crippen LogP contribution is -2.28. The monoisotopic (exact) mass is 174 g/mol. The zero-order chi connectivity index (χ0) is 8.84. The van der Waals surface area contributed by atoms with Crippen LogP contribution in [0.25, 0.3) is 0 Å². The van der Waals surface area contributed by atoms with Gasteiger partial charge in [0.05, 0.1) is 6.54 Å². The molecule has 1 atom stereocenters. The number of carbonyl (C=O) groups excluding carboxylic acids is 1. The van der Waals surface area contributed by atoms with Gasteiger partial charge in [-0.05, 0) is 5.57 Å². The van der Waals surface area contributed by atoms with Crippen LogP contribution in [0.3, 0.4) is 0 Å². The molecule has 0 aromatic carbocycles. The Morgan fingerprint density at radius 3 is 3.31 bits per heavy atom. The van der Waals surface area contributed by atoms with Crippen LogP contribution < -0.4 is 5.32 Å². The summed E-state index contributed by atoms with van der Waals surface area (Å²) in [6.45, 7) is 1.51. The predicted molar refractivity (Wildman–Crippen MR) is 48.9 cm³/mol. The Kier molecular flexibility index (Phi) is 1.20. The van der Waals surface area contributed by atoms with Gasteiger partial charge in [0.2, 0.25) is 0 Å². The summed E-state index contributed by atoms with van der Waals surface area (Å²) in [5, 5.41) is 2.83. The van der Waals surface area contributed by atoms with Crippen molar-refractivity contribution in [1.82, 2.24) is 10.2 Å². The third kappa shape index (κ3) is 0.813. The van der Waals surface area contributed by atoms with Gasteiger partial charge in [-0.2, -0.15) is 0 Å². The van der Waals surface area contributed by atoms with Crippen LogP contribution in [0.4, 0.5) is 4.79 Å². The van der Waals surface area contributed by atoms with Gasteiger partial charge in [0, 0.05) is 18.2 Å². The Bertz CT molecular complexity index is 365. The number of nitrogens with one attached hydrogen (secondary N) is 1. The number of nitrogens with zero attached hydrogens (tertiary/aromatic N) is 1. The van der Waals surface area contributed by atoms with Crippen molar-refractivity contribution < 1.29 is 4.79 Å². The molecule has 0 radical (unpaired) electrons. The highest BCUT2D eigenvalue weighted by Crippen LogP contribution is 2.34. The van der Waals surface area contributed by atoms with E-state index in [1.165, 1.54) is 5.57 Å². The molecule has 0 spiro atoms. The van der Waals surface area contributed by atoms with Crippen molar-refractivity contribution in [2.24, 2.45) is 5.92 Å². The summed E-state index contributed by atoms with van der Waals surface area (Å²) in [6.07, 6.45) is 8.36. The maximum Gasteiger partial charge on any atom is 0.322 e. The van der Waals surface area contributed by atoms with Crippen molar-refractivity contribution in [3.05, 3.63) is 35.6 Å². The molecular formula is C10H10N2O. The van der Waals surface area contributed by atoms with Gasteiger partial charge >= 0.3 is 6.03 Å². The first-order valence-electron chi connectivity index (χ1n) is 4.49. The minimum atomic E-state index is 0.0544. The van der Waals surface area contributed by atoms with E-state index in [0.29, 0.717) is 12.5 Å². The summed E-state index contributed by atoms with van der Waals surface area (Å²) in [5.41, 5.74) is 2.47. The van der Waals surface area contributed by atoms with Crippen molar-refractivity contribution in [3.8, 4) is 0 Å². The molecule has 0 saturated carbocycles. The molecule has 0 bridgehead atoms. The highest BCUT2D eigenvalue weighted by atomic mass is 16.2. The summed E-state index contributed by atoms with van der Waals surface area (Å²) in [6, 6.07) is 0.0544. The molecule has 2 aliphatic heterocycles. The number of amides is 2. The molecule has 3 heteroatoms. The van der Waals surface area contributed by atoms with E-state index < -0.39 is 0 Å². The smallest absolute Gasteiger partial charge is 0.322 e. The van der Waals surface area contributed by atoms with Crippen LogP contribution in [0.2, 0.25) is 0 Å². The Hall–Kier alpha value is -1.51. The summed E-state index contributed by atoms with van der Waals surface area (Å²) < 4.78 is 0. The average Bonchev–Trinajstić information content (AvgIpc) is 2.67. The van der Waals surface area contributed by atoms with Crippen molar-refractivity contribution in [1.29, 1.82) is 0 Å². The van der Waals surface area contributed by atoms with E-state index in [4.69, 9.17) is 0 Å². The Balaban J connectivity index is 2.08. The Labute approximate surface area is 76.4 Å². The van der Waals surface area contributed by atoms with Gasteiger partial charge in [-0.15, -0.1) is 0 Å². The van der Waals surface area contributed by atoms with Crippen LogP contribution in [0.5, 0.6) is 0 Å². The largest absolute Gasteiger partial charge is 0.332 e. The van der Waals surface area contributed by atoms with E-state index in [0.717, 1.165) is 12.2 Å². The van der Waals surface area contributed by atoms with E-state index in [2.05, 4.69) is 23.5 Å². The predicted octanol–water partition coefficient (Wildman–Crippen LogP) is 1.02. The molecule has 1 aliphatic carbocycles. The van der Waals surface area contributed by atoms with Crippen LogP contribution in [0.1, 0.15) is 0 Å². The zero-order valence-electron chi connectivity index (χ0n) is 7.16. The SMILES string of the molecule is O=C1NCC2=C3C=CC=CC3CN12. The second-order valence-corrected chi connectivity index (χ2v) is 3.52. The first-order chi connectivity index (χ1) is 6.36. The maximum atomic E-state index is 11.3. The molecule has 66 valence electrons. The third-order valence-corrected chi connectivity index (χ3v) is 2.82. The van der Waals surface area contributed by atoms with Gasteiger partial charge in [0.1, 0.15) is 0 Å². The quantitative estimate of drug-likeness (QED) is 0.584. The minimum Gasteiger partial charge on any atom is -0.332 e. The highest BCUT2D eigenvalue weighted by Gasteiger charge is 2.36. The molecule has 2 amide bonds. The van der Waals surface area contributed by atoms with Gasteiger partial charge in [-0.1, -0.05) is 24.3 Å². The van der Waals surface area contributed by atoms with Gasteiger partial charge in [-0.3, -0.25) is 4.90 Å². The molecular weight excluding hydrogens is 164 g/mol. The summed E-state index contributed by atoms with van der Waals surface area (Å²) in [5.74, 6) is 0.436. The number of allylic oxidation sites excluding steroid dienone is 3. The molecule has 0 aromatic rings. The number of hydrogen-bond acceptors (Lipinski definition) is 1. The van der Waals surface area contributed by atoms with Crippen molar-refractivity contribution in [3.63, 3.8) is 0 Å². The van der Waals surface area contributed by atoms with E-state index >= 15 is 0 Å². The molecule has 0 aromatic heterocycles. The molecule has 13 heavy (non-hydrogen) atoms. The number of carbonyl (C=O) groups is 1. The first kappa shape index (κ1) is 6.95. The Morgan fingerprint density at radius 2 is 2.38 bits per heavy atom. The lowest BCUT2D eigenvalue weighted by atomic mass is 9.96. The summed E-state index contributed by atoms with van der Waals surface area (Å²) in [7, 11) is 0. The molecule has 1 saturated heterocycles. The van der Waals surface area contributed by atoms with Gasteiger partial charge in [0.25, 0.3) is 0 Å². The van der Waals surface area contributed by atoms with Crippen LogP contribution in [-0.2, 0) is 0 Å². The third-order valence-electron chi connectivity index (χ3n) is 2.82. The zero-order valence-corrected chi connectivity index (χ0v) is 7.16. The van der Waals surface area contributed by atoms with Crippen molar-refractivity contribution in [2.75, 3.05) is 13.1 Å². The molecule has 3 nitrogen and oxygen atoms in total. The molecule has 1 fully saturated rings. The topological polar surface area (TPSA) is 32.3 Å². The van der Waals surface area contributed by atoms with Crippen LogP contribution in [0, 0.1) is 5.92 Å². The number of fused-ring (bicyclic) bond motifs is 2. The van der Waals surface area contributed by atoms with Crippen molar-refractivity contribution >= 4 is 6.03 Å². The average molecular weight is 174 g/mol. The normalized spacial score (nSPS) is 29.4. The molecule has 3 aliphatic rings. The summed E-state index contributed by atoms with van der Waals surface area (Å²) in [4.78, 5) is 13.2. The standard InChI is InChI=1S/C10H10N2O/c13-10-11-5-9-8-4-2-1-3-7(8)6-12(9)10/h1-4,7H,5-6H2,(H,11,13). The maximum absolute atomic E-state index is 11.3. The first-order valence-corrected chi connectivity index (χ1v) is 4.49.